The van der Waals surface area contributed by atoms with Gasteiger partial charge in [-0.25, -0.2) is 0 Å². The molecule has 0 aliphatic rings. The first kappa shape index (κ1) is 12.7. The largest absolute Gasteiger partial charge is 0.369 e. The Hall–Kier alpha value is -1.80. The first-order chi connectivity index (χ1) is 8.70. The van der Waals surface area contributed by atoms with E-state index in [0.717, 1.165) is 11.1 Å². The molecule has 2 aromatic rings. The van der Waals surface area contributed by atoms with E-state index >= 15 is 0 Å². The van der Waals surface area contributed by atoms with Crippen molar-refractivity contribution in [2.24, 2.45) is 5.73 Å². The number of carbonyl (C=O) groups is 1. The Bertz CT molecular complexity index is 513. The summed E-state index contributed by atoms with van der Waals surface area (Å²) in [5.74, 6) is -0.930. The van der Waals surface area contributed by atoms with E-state index < -0.39 is 17.2 Å². The number of amides is 1. The summed E-state index contributed by atoms with van der Waals surface area (Å²) < 4.78 is 0. The third-order valence-corrected chi connectivity index (χ3v) is 3.38. The molecular formula is C15H14ClNO. The lowest BCUT2D eigenvalue weighted by molar-refractivity contribution is -0.119. The van der Waals surface area contributed by atoms with Gasteiger partial charge in [0.25, 0.3) is 0 Å². The summed E-state index contributed by atoms with van der Waals surface area (Å²) in [6, 6.07) is 18.9. The minimum Gasteiger partial charge on any atom is -0.369 e. The Morgan fingerprint density at radius 3 is 1.78 bits per heavy atom. The number of primary amides is 1. The third kappa shape index (κ3) is 2.71. The molecule has 0 spiro atoms. The van der Waals surface area contributed by atoms with Crippen LogP contribution in [0.1, 0.15) is 22.4 Å². The number of carbonyl (C=O) groups excluding carboxylic acids is 1. The highest BCUT2D eigenvalue weighted by Gasteiger charge is 2.27. The van der Waals surface area contributed by atoms with Gasteiger partial charge in [0.1, 0.15) is 0 Å². The van der Waals surface area contributed by atoms with Gasteiger partial charge in [-0.15, -0.1) is 11.6 Å². The van der Waals surface area contributed by atoms with Crippen LogP contribution in [0.15, 0.2) is 60.7 Å². The summed E-state index contributed by atoms with van der Waals surface area (Å²) in [5.41, 5.74) is 7.22. The van der Waals surface area contributed by atoms with Gasteiger partial charge in [-0.05, 0) is 11.1 Å². The van der Waals surface area contributed by atoms with E-state index in [1.54, 1.807) is 0 Å². The zero-order valence-corrected chi connectivity index (χ0v) is 10.5. The fraction of sp³-hybridized carbons (Fsp3) is 0.133. The first-order valence-electron chi connectivity index (χ1n) is 5.73. The monoisotopic (exact) mass is 259 g/mol. The molecule has 0 heterocycles. The lowest BCUT2D eigenvalue weighted by Crippen LogP contribution is -2.24. The molecule has 0 fully saturated rings. The molecule has 0 aliphatic heterocycles. The van der Waals surface area contributed by atoms with Gasteiger partial charge in [-0.1, -0.05) is 60.7 Å². The maximum Gasteiger partial charge on any atom is 0.226 e. The normalized spacial score (nSPS) is 13.8. The number of alkyl halides is 1. The molecule has 0 saturated carbocycles. The molecule has 2 nitrogen and oxygen atoms in total. The SMILES string of the molecule is NC(=O)C(c1ccccc1)C(Cl)c1ccccc1. The van der Waals surface area contributed by atoms with E-state index in [9.17, 15) is 4.79 Å². The Morgan fingerprint density at radius 1 is 0.889 bits per heavy atom. The van der Waals surface area contributed by atoms with Crippen molar-refractivity contribution in [2.45, 2.75) is 11.3 Å². The molecule has 0 aromatic heterocycles. The van der Waals surface area contributed by atoms with E-state index in [-0.39, 0.29) is 0 Å². The van der Waals surface area contributed by atoms with Crippen LogP contribution in [0.4, 0.5) is 0 Å². The Labute approximate surface area is 111 Å². The lowest BCUT2D eigenvalue weighted by atomic mass is 9.91. The Kier molecular flexibility index (Phi) is 4.00. The molecule has 2 unspecified atom stereocenters. The van der Waals surface area contributed by atoms with E-state index in [1.165, 1.54) is 0 Å². The molecule has 2 atom stereocenters. The summed E-state index contributed by atoms with van der Waals surface area (Å²) in [6.07, 6.45) is 0. The van der Waals surface area contributed by atoms with Gasteiger partial charge in [0, 0.05) is 0 Å². The smallest absolute Gasteiger partial charge is 0.226 e. The van der Waals surface area contributed by atoms with Crippen molar-refractivity contribution >= 4 is 17.5 Å². The first-order valence-corrected chi connectivity index (χ1v) is 6.17. The molecule has 2 aromatic carbocycles. The maximum absolute atomic E-state index is 11.7. The lowest BCUT2D eigenvalue weighted by Gasteiger charge is -2.20. The summed E-state index contributed by atoms with van der Waals surface area (Å²) in [6.45, 7) is 0. The van der Waals surface area contributed by atoms with Crippen molar-refractivity contribution in [3.8, 4) is 0 Å². The fourth-order valence-electron chi connectivity index (χ4n) is 1.97. The molecule has 92 valence electrons. The average Bonchev–Trinajstić information content (AvgIpc) is 2.40. The van der Waals surface area contributed by atoms with Crippen molar-refractivity contribution in [3.63, 3.8) is 0 Å². The van der Waals surface area contributed by atoms with Crippen molar-refractivity contribution in [1.29, 1.82) is 0 Å². The molecule has 3 heteroatoms. The van der Waals surface area contributed by atoms with Crippen molar-refractivity contribution in [2.75, 3.05) is 0 Å². The second-order valence-corrected chi connectivity index (χ2v) is 4.57. The molecule has 1 amide bonds. The van der Waals surface area contributed by atoms with Gasteiger partial charge in [0.2, 0.25) is 5.91 Å². The standard InChI is InChI=1S/C15H14ClNO/c16-14(12-9-5-2-6-10-12)13(15(17)18)11-7-3-1-4-8-11/h1-10,13-14H,(H2,17,18). The highest BCUT2D eigenvalue weighted by atomic mass is 35.5. The predicted octanol–water partition coefficient (Wildman–Crippen LogP) is 3.24. The molecule has 0 radical (unpaired) electrons. The number of nitrogens with two attached hydrogens (primary N) is 1. The van der Waals surface area contributed by atoms with Crippen LogP contribution in [0.25, 0.3) is 0 Å². The summed E-state index contributed by atoms with van der Waals surface area (Å²) >= 11 is 6.40. The second-order valence-electron chi connectivity index (χ2n) is 4.10. The molecule has 0 bridgehead atoms. The Morgan fingerprint density at radius 2 is 1.33 bits per heavy atom. The molecule has 0 aliphatic carbocycles. The number of benzene rings is 2. The summed E-state index contributed by atoms with van der Waals surface area (Å²) in [4.78, 5) is 11.7. The van der Waals surface area contributed by atoms with Crippen LogP contribution in [0, 0.1) is 0 Å². The van der Waals surface area contributed by atoms with Crippen LogP contribution in [0.5, 0.6) is 0 Å². The highest BCUT2D eigenvalue weighted by molar-refractivity contribution is 6.23. The van der Waals surface area contributed by atoms with Crippen LogP contribution in [-0.2, 0) is 4.79 Å². The van der Waals surface area contributed by atoms with Crippen molar-refractivity contribution < 1.29 is 4.79 Å². The second kappa shape index (κ2) is 5.69. The maximum atomic E-state index is 11.7. The minimum atomic E-state index is -0.518. The molecule has 2 N–H and O–H groups in total. The van der Waals surface area contributed by atoms with Gasteiger partial charge in [-0.2, -0.15) is 0 Å². The van der Waals surface area contributed by atoms with Gasteiger partial charge in [0.15, 0.2) is 0 Å². The molecule has 0 saturated heterocycles. The van der Waals surface area contributed by atoms with E-state index in [4.69, 9.17) is 17.3 Å². The molecular weight excluding hydrogens is 246 g/mol. The minimum absolute atomic E-state index is 0.412. The van der Waals surface area contributed by atoms with Gasteiger partial charge < -0.3 is 5.73 Å². The molecule has 18 heavy (non-hydrogen) atoms. The fourth-order valence-corrected chi connectivity index (χ4v) is 2.38. The van der Waals surface area contributed by atoms with Crippen LogP contribution in [0.3, 0.4) is 0 Å². The van der Waals surface area contributed by atoms with Crippen LogP contribution >= 0.6 is 11.6 Å². The van der Waals surface area contributed by atoms with Crippen LogP contribution in [0.2, 0.25) is 0 Å². The molecule has 2 rings (SSSR count). The zero-order valence-electron chi connectivity index (χ0n) is 9.79. The van der Waals surface area contributed by atoms with Crippen molar-refractivity contribution in [3.05, 3.63) is 71.8 Å². The topological polar surface area (TPSA) is 43.1 Å². The average molecular weight is 260 g/mol. The highest BCUT2D eigenvalue weighted by Crippen LogP contribution is 2.35. The summed E-state index contributed by atoms with van der Waals surface area (Å²) in [5, 5.41) is -0.453. The van der Waals surface area contributed by atoms with E-state index in [2.05, 4.69) is 0 Å². The summed E-state index contributed by atoms with van der Waals surface area (Å²) in [7, 11) is 0. The van der Waals surface area contributed by atoms with Crippen LogP contribution < -0.4 is 5.73 Å². The van der Waals surface area contributed by atoms with Gasteiger partial charge in [-0.3, -0.25) is 4.79 Å². The van der Waals surface area contributed by atoms with Gasteiger partial charge in [0.05, 0.1) is 11.3 Å². The van der Waals surface area contributed by atoms with E-state index in [1.807, 2.05) is 60.7 Å². The Balaban J connectivity index is 2.35. The number of rotatable bonds is 4. The van der Waals surface area contributed by atoms with Crippen molar-refractivity contribution in [1.82, 2.24) is 0 Å². The quantitative estimate of drug-likeness (QED) is 0.842. The number of hydrogen-bond donors (Lipinski definition) is 1. The van der Waals surface area contributed by atoms with Crippen LogP contribution in [-0.4, -0.2) is 5.91 Å². The van der Waals surface area contributed by atoms with Gasteiger partial charge >= 0.3 is 0 Å². The number of hydrogen-bond acceptors (Lipinski definition) is 1. The van der Waals surface area contributed by atoms with E-state index in [0.29, 0.717) is 0 Å². The third-order valence-electron chi connectivity index (χ3n) is 2.88. The predicted molar refractivity (Wildman–Crippen MR) is 73.4 cm³/mol. The number of halogens is 1. The zero-order chi connectivity index (χ0) is 13.0.